The standard InChI is InChI=1S/C15H19N3OS/c1-2-17-9-5-6-11(17)10-18-14(19)12-7-3-4-8-13(12)16-15(18)20/h3-4,7-8,11H,2,5-6,9-10H2,1H3,(H,16,20)/t11-/m0/s1. The third kappa shape index (κ3) is 2.31. The summed E-state index contributed by atoms with van der Waals surface area (Å²) in [6.45, 7) is 5.01. The molecule has 1 aromatic carbocycles. The Morgan fingerprint density at radius 3 is 3.00 bits per heavy atom. The van der Waals surface area contributed by atoms with Gasteiger partial charge < -0.3 is 4.98 Å². The highest BCUT2D eigenvalue weighted by Crippen LogP contribution is 2.18. The summed E-state index contributed by atoms with van der Waals surface area (Å²) >= 11 is 5.37. The van der Waals surface area contributed by atoms with Crippen molar-refractivity contribution < 1.29 is 0 Å². The first-order valence-electron chi connectivity index (χ1n) is 7.16. The van der Waals surface area contributed by atoms with Crippen LogP contribution in [0, 0.1) is 4.77 Å². The first-order chi connectivity index (χ1) is 9.70. The summed E-state index contributed by atoms with van der Waals surface area (Å²) in [7, 11) is 0. The Hall–Kier alpha value is -1.46. The van der Waals surface area contributed by atoms with E-state index in [9.17, 15) is 4.79 Å². The number of aromatic amines is 1. The van der Waals surface area contributed by atoms with Crippen molar-refractivity contribution in [2.75, 3.05) is 13.1 Å². The topological polar surface area (TPSA) is 41.0 Å². The fraction of sp³-hybridized carbons (Fsp3) is 0.467. The lowest BCUT2D eigenvalue weighted by Crippen LogP contribution is -2.36. The van der Waals surface area contributed by atoms with E-state index in [0.717, 1.165) is 25.0 Å². The maximum Gasteiger partial charge on any atom is 0.262 e. The van der Waals surface area contributed by atoms with E-state index < -0.39 is 0 Å². The molecule has 1 aliphatic rings. The minimum Gasteiger partial charge on any atom is -0.332 e. The second kappa shape index (κ2) is 5.50. The molecule has 2 aromatic rings. The molecule has 2 heterocycles. The summed E-state index contributed by atoms with van der Waals surface area (Å²) in [5, 5.41) is 0.710. The molecule has 1 fully saturated rings. The molecule has 20 heavy (non-hydrogen) atoms. The van der Waals surface area contributed by atoms with E-state index in [1.54, 1.807) is 4.57 Å². The van der Waals surface area contributed by atoms with Crippen LogP contribution in [0.4, 0.5) is 0 Å². The van der Waals surface area contributed by atoms with Gasteiger partial charge >= 0.3 is 0 Å². The fourth-order valence-corrected chi connectivity index (χ4v) is 3.36. The molecule has 0 spiro atoms. The zero-order valence-corrected chi connectivity index (χ0v) is 12.4. The van der Waals surface area contributed by atoms with Crippen LogP contribution in [0.25, 0.3) is 10.9 Å². The largest absolute Gasteiger partial charge is 0.332 e. The van der Waals surface area contributed by atoms with Crippen molar-refractivity contribution in [1.82, 2.24) is 14.5 Å². The number of rotatable bonds is 3. The summed E-state index contributed by atoms with van der Waals surface area (Å²) in [4.78, 5) is 18.2. The van der Waals surface area contributed by atoms with Crippen LogP contribution in [0.5, 0.6) is 0 Å². The number of aromatic nitrogens is 2. The van der Waals surface area contributed by atoms with Crippen molar-refractivity contribution >= 4 is 23.1 Å². The second-order valence-corrected chi connectivity index (χ2v) is 5.70. The van der Waals surface area contributed by atoms with Gasteiger partial charge in [0, 0.05) is 12.6 Å². The average Bonchev–Trinajstić information content (AvgIpc) is 2.90. The summed E-state index contributed by atoms with van der Waals surface area (Å²) in [6, 6.07) is 7.97. The molecule has 1 atom stereocenters. The van der Waals surface area contributed by atoms with Crippen molar-refractivity contribution in [3.8, 4) is 0 Å². The van der Waals surface area contributed by atoms with E-state index in [1.807, 2.05) is 24.3 Å². The van der Waals surface area contributed by atoms with Crippen LogP contribution in [-0.4, -0.2) is 33.6 Å². The Bertz CT molecular complexity index is 734. The summed E-state index contributed by atoms with van der Waals surface area (Å²) in [5.74, 6) is 0. The number of nitrogens with one attached hydrogen (secondary N) is 1. The minimum atomic E-state index is 0.0207. The van der Waals surface area contributed by atoms with E-state index in [1.165, 1.54) is 6.42 Å². The van der Waals surface area contributed by atoms with Gasteiger partial charge in [0.05, 0.1) is 10.9 Å². The molecule has 0 unspecified atom stereocenters. The molecule has 0 bridgehead atoms. The molecule has 0 saturated carbocycles. The van der Waals surface area contributed by atoms with Crippen LogP contribution < -0.4 is 5.56 Å². The maximum absolute atomic E-state index is 12.6. The Balaban J connectivity index is 2.03. The van der Waals surface area contributed by atoms with Crippen LogP contribution in [0.1, 0.15) is 19.8 Å². The predicted molar refractivity (Wildman–Crippen MR) is 83.7 cm³/mol. The number of hydrogen-bond acceptors (Lipinski definition) is 3. The number of benzene rings is 1. The van der Waals surface area contributed by atoms with E-state index in [4.69, 9.17) is 12.2 Å². The highest BCUT2D eigenvalue weighted by Gasteiger charge is 2.24. The number of likely N-dealkylation sites (N-methyl/N-ethyl adjacent to an activating group) is 1. The van der Waals surface area contributed by atoms with Gasteiger partial charge in [0.25, 0.3) is 5.56 Å². The Morgan fingerprint density at radius 2 is 2.20 bits per heavy atom. The first-order valence-corrected chi connectivity index (χ1v) is 7.57. The van der Waals surface area contributed by atoms with E-state index in [2.05, 4.69) is 16.8 Å². The van der Waals surface area contributed by atoms with Crippen molar-refractivity contribution in [3.63, 3.8) is 0 Å². The normalized spacial score (nSPS) is 19.8. The van der Waals surface area contributed by atoms with Crippen LogP contribution >= 0.6 is 12.2 Å². The lowest BCUT2D eigenvalue weighted by atomic mass is 10.2. The lowest BCUT2D eigenvalue weighted by molar-refractivity contribution is 0.241. The second-order valence-electron chi connectivity index (χ2n) is 5.32. The van der Waals surface area contributed by atoms with Gasteiger partial charge in [0.1, 0.15) is 0 Å². The predicted octanol–water partition coefficient (Wildman–Crippen LogP) is 2.54. The number of para-hydroxylation sites is 1. The average molecular weight is 289 g/mol. The molecule has 5 heteroatoms. The van der Waals surface area contributed by atoms with E-state index in [-0.39, 0.29) is 5.56 Å². The minimum absolute atomic E-state index is 0.0207. The number of H-pyrrole nitrogens is 1. The molecule has 0 aliphatic carbocycles. The zero-order valence-electron chi connectivity index (χ0n) is 11.6. The molecule has 1 saturated heterocycles. The van der Waals surface area contributed by atoms with Gasteiger partial charge in [0.2, 0.25) is 0 Å². The van der Waals surface area contributed by atoms with Crippen molar-refractivity contribution in [2.45, 2.75) is 32.4 Å². The zero-order chi connectivity index (χ0) is 14.1. The van der Waals surface area contributed by atoms with Crippen molar-refractivity contribution in [1.29, 1.82) is 0 Å². The summed E-state index contributed by atoms with van der Waals surface area (Å²) < 4.78 is 2.24. The molecule has 1 aliphatic heterocycles. The highest BCUT2D eigenvalue weighted by molar-refractivity contribution is 7.71. The summed E-state index contributed by atoms with van der Waals surface area (Å²) in [6.07, 6.45) is 2.35. The van der Waals surface area contributed by atoms with E-state index >= 15 is 0 Å². The third-order valence-corrected chi connectivity index (χ3v) is 4.51. The molecular weight excluding hydrogens is 270 g/mol. The molecule has 1 N–H and O–H groups in total. The summed E-state index contributed by atoms with van der Waals surface area (Å²) in [5.41, 5.74) is 0.838. The molecular formula is C15H19N3OS. The van der Waals surface area contributed by atoms with Gasteiger partial charge in [-0.2, -0.15) is 0 Å². The number of hydrogen-bond donors (Lipinski definition) is 1. The van der Waals surface area contributed by atoms with Crippen LogP contribution in [0.3, 0.4) is 0 Å². The van der Waals surface area contributed by atoms with Crippen LogP contribution in [0.15, 0.2) is 29.1 Å². The molecule has 1 aromatic heterocycles. The van der Waals surface area contributed by atoms with Crippen molar-refractivity contribution in [3.05, 3.63) is 39.4 Å². The van der Waals surface area contributed by atoms with Crippen molar-refractivity contribution in [2.24, 2.45) is 0 Å². The fourth-order valence-electron chi connectivity index (χ4n) is 3.09. The lowest BCUT2D eigenvalue weighted by Gasteiger charge is -2.23. The Labute approximate surface area is 123 Å². The van der Waals surface area contributed by atoms with Crippen LogP contribution in [0.2, 0.25) is 0 Å². The third-order valence-electron chi connectivity index (χ3n) is 4.19. The molecule has 0 amide bonds. The SMILES string of the molecule is CCN1CCC[C@H]1Cn1c(=S)[nH]c2ccccc2c1=O. The Kier molecular flexibility index (Phi) is 3.72. The van der Waals surface area contributed by atoms with Gasteiger partial charge in [-0.3, -0.25) is 14.3 Å². The number of fused-ring (bicyclic) bond motifs is 1. The van der Waals surface area contributed by atoms with Gasteiger partial charge in [0.15, 0.2) is 4.77 Å². The number of nitrogens with zero attached hydrogens (tertiary/aromatic N) is 2. The molecule has 106 valence electrons. The molecule has 0 radical (unpaired) electrons. The highest BCUT2D eigenvalue weighted by atomic mass is 32.1. The quantitative estimate of drug-likeness (QED) is 0.883. The number of likely N-dealkylation sites (tertiary alicyclic amines) is 1. The molecule has 4 nitrogen and oxygen atoms in total. The van der Waals surface area contributed by atoms with Crippen LogP contribution in [-0.2, 0) is 6.54 Å². The monoisotopic (exact) mass is 289 g/mol. The van der Waals surface area contributed by atoms with Gasteiger partial charge in [-0.15, -0.1) is 0 Å². The van der Waals surface area contributed by atoms with E-state index in [0.29, 0.717) is 22.7 Å². The maximum atomic E-state index is 12.6. The van der Waals surface area contributed by atoms with Gasteiger partial charge in [-0.1, -0.05) is 19.1 Å². The molecule has 3 rings (SSSR count). The van der Waals surface area contributed by atoms with Gasteiger partial charge in [-0.05, 0) is 50.3 Å². The van der Waals surface area contributed by atoms with Gasteiger partial charge in [-0.25, -0.2) is 0 Å². The Morgan fingerprint density at radius 1 is 1.40 bits per heavy atom. The smallest absolute Gasteiger partial charge is 0.262 e. The first kappa shape index (κ1) is 13.5.